The van der Waals surface area contributed by atoms with E-state index >= 15 is 0 Å². The first kappa shape index (κ1) is 11.6. The van der Waals surface area contributed by atoms with Gasteiger partial charge in [-0.25, -0.2) is 0 Å². The first-order valence-electron chi connectivity index (χ1n) is 4.65. The Kier molecular flexibility index (Phi) is 5.68. The molecule has 0 saturated carbocycles. The van der Waals surface area contributed by atoms with Gasteiger partial charge in [0, 0.05) is 17.8 Å². The minimum absolute atomic E-state index is 0.105. The van der Waals surface area contributed by atoms with Crippen molar-refractivity contribution in [2.24, 2.45) is 0 Å². The molecule has 1 aromatic rings. The molecule has 1 unspecified atom stereocenters. The molecule has 1 aromatic carbocycles. The molecule has 0 bridgehead atoms. The van der Waals surface area contributed by atoms with Crippen LogP contribution in [-0.4, -0.2) is 25.8 Å². The molecule has 0 fully saturated rings. The molecule has 0 N–H and O–H groups in total. The van der Waals surface area contributed by atoms with E-state index in [0.717, 1.165) is 5.75 Å². The van der Waals surface area contributed by atoms with Gasteiger partial charge in [0.25, 0.3) is 0 Å². The average molecular weight is 212 g/mol. The number of benzene rings is 1. The van der Waals surface area contributed by atoms with Gasteiger partial charge in [0.15, 0.2) is 6.29 Å². The fraction of sp³-hybridized carbons (Fsp3) is 0.455. The van der Waals surface area contributed by atoms with Crippen molar-refractivity contribution in [1.29, 1.82) is 0 Å². The average Bonchev–Trinajstić information content (AvgIpc) is 2.25. The van der Waals surface area contributed by atoms with Crippen molar-refractivity contribution in [3.63, 3.8) is 0 Å². The Morgan fingerprint density at radius 1 is 1.29 bits per heavy atom. The van der Waals surface area contributed by atoms with E-state index < -0.39 is 0 Å². The van der Waals surface area contributed by atoms with Gasteiger partial charge in [-0.1, -0.05) is 18.2 Å². The topological polar surface area (TPSA) is 18.5 Å². The lowest BCUT2D eigenvalue weighted by atomic mass is 10.4. The summed E-state index contributed by atoms with van der Waals surface area (Å²) in [6, 6.07) is 10.3. The van der Waals surface area contributed by atoms with Gasteiger partial charge in [0.1, 0.15) is 0 Å². The summed E-state index contributed by atoms with van der Waals surface area (Å²) in [4.78, 5) is 1.28. The van der Waals surface area contributed by atoms with Crippen LogP contribution >= 0.6 is 11.8 Å². The Balaban J connectivity index is 2.10. The van der Waals surface area contributed by atoms with E-state index in [2.05, 4.69) is 12.1 Å². The van der Waals surface area contributed by atoms with Gasteiger partial charge in [-0.2, -0.15) is 0 Å². The Morgan fingerprint density at radius 3 is 2.64 bits per heavy atom. The van der Waals surface area contributed by atoms with Crippen LogP contribution in [0.15, 0.2) is 35.2 Å². The molecule has 0 spiro atoms. The van der Waals surface area contributed by atoms with Crippen LogP contribution < -0.4 is 0 Å². The zero-order valence-electron chi connectivity index (χ0n) is 8.60. The maximum Gasteiger partial charge on any atom is 0.154 e. The Labute approximate surface area is 89.6 Å². The fourth-order valence-electron chi connectivity index (χ4n) is 0.958. The van der Waals surface area contributed by atoms with E-state index in [9.17, 15) is 0 Å². The second-order valence-electron chi connectivity index (χ2n) is 2.84. The van der Waals surface area contributed by atoms with Crippen LogP contribution in [0, 0.1) is 0 Å². The zero-order chi connectivity index (χ0) is 10.2. The summed E-state index contributed by atoms with van der Waals surface area (Å²) >= 11 is 1.79. The molecule has 0 saturated heterocycles. The second-order valence-corrected chi connectivity index (χ2v) is 4.00. The summed E-state index contributed by atoms with van der Waals surface area (Å²) in [7, 11) is 1.65. The molecule has 0 aliphatic heterocycles. The summed E-state index contributed by atoms with van der Waals surface area (Å²) in [5.74, 6) is 0.956. The van der Waals surface area contributed by atoms with Crippen LogP contribution in [0.5, 0.6) is 0 Å². The van der Waals surface area contributed by atoms with E-state index in [4.69, 9.17) is 9.47 Å². The van der Waals surface area contributed by atoms with E-state index in [0.29, 0.717) is 6.61 Å². The van der Waals surface area contributed by atoms with Gasteiger partial charge < -0.3 is 9.47 Å². The maximum absolute atomic E-state index is 5.37. The van der Waals surface area contributed by atoms with Crippen LogP contribution in [0.2, 0.25) is 0 Å². The van der Waals surface area contributed by atoms with Crippen molar-refractivity contribution in [3.05, 3.63) is 30.3 Å². The number of hydrogen-bond acceptors (Lipinski definition) is 3. The van der Waals surface area contributed by atoms with Crippen molar-refractivity contribution < 1.29 is 9.47 Å². The van der Waals surface area contributed by atoms with Crippen molar-refractivity contribution in [1.82, 2.24) is 0 Å². The smallest absolute Gasteiger partial charge is 0.154 e. The van der Waals surface area contributed by atoms with Crippen LogP contribution in [0.4, 0.5) is 0 Å². The molecule has 0 radical (unpaired) electrons. The van der Waals surface area contributed by atoms with Crippen molar-refractivity contribution >= 4 is 11.8 Å². The summed E-state index contributed by atoms with van der Waals surface area (Å²) in [5, 5.41) is 0. The number of rotatable bonds is 6. The lowest BCUT2D eigenvalue weighted by molar-refractivity contribution is -0.105. The summed E-state index contributed by atoms with van der Waals surface area (Å²) < 4.78 is 10.3. The van der Waals surface area contributed by atoms with Crippen LogP contribution in [0.3, 0.4) is 0 Å². The molecular weight excluding hydrogens is 196 g/mol. The molecule has 1 atom stereocenters. The molecule has 0 aromatic heterocycles. The predicted molar refractivity (Wildman–Crippen MR) is 59.6 cm³/mol. The van der Waals surface area contributed by atoms with Crippen LogP contribution in [0.25, 0.3) is 0 Å². The third-order valence-electron chi connectivity index (χ3n) is 1.78. The Hall–Kier alpha value is -0.510. The highest BCUT2D eigenvalue weighted by molar-refractivity contribution is 7.99. The fourth-order valence-corrected chi connectivity index (χ4v) is 1.72. The first-order chi connectivity index (χ1) is 6.83. The van der Waals surface area contributed by atoms with E-state index in [-0.39, 0.29) is 6.29 Å². The number of hydrogen-bond donors (Lipinski definition) is 0. The largest absolute Gasteiger partial charge is 0.356 e. The van der Waals surface area contributed by atoms with Gasteiger partial charge in [0.05, 0.1) is 6.61 Å². The molecule has 1 rings (SSSR count). The lowest BCUT2D eigenvalue weighted by Crippen LogP contribution is -2.12. The van der Waals surface area contributed by atoms with Crippen LogP contribution in [-0.2, 0) is 9.47 Å². The Morgan fingerprint density at radius 2 is 2.00 bits per heavy atom. The van der Waals surface area contributed by atoms with Gasteiger partial charge >= 0.3 is 0 Å². The highest BCUT2D eigenvalue weighted by Gasteiger charge is 1.98. The minimum atomic E-state index is -0.105. The van der Waals surface area contributed by atoms with E-state index in [1.807, 2.05) is 25.1 Å². The van der Waals surface area contributed by atoms with Gasteiger partial charge in [-0.15, -0.1) is 11.8 Å². The molecule has 0 amide bonds. The molecular formula is C11H16O2S. The lowest BCUT2D eigenvalue weighted by Gasteiger charge is -2.10. The van der Waals surface area contributed by atoms with Crippen molar-refractivity contribution in [2.45, 2.75) is 18.1 Å². The van der Waals surface area contributed by atoms with Gasteiger partial charge in [-0.05, 0) is 19.1 Å². The first-order valence-corrected chi connectivity index (χ1v) is 5.63. The predicted octanol–water partition coefficient (Wildman–Crippen LogP) is 2.79. The number of methoxy groups -OCH3 is 1. The molecule has 3 heteroatoms. The highest BCUT2D eigenvalue weighted by atomic mass is 32.2. The summed E-state index contributed by atoms with van der Waals surface area (Å²) in [6.07, 6.45) is -0.105. The van der Waals surface area contributed by atoms with Gasteiger partial charge in [-0.3, -0.25) is 0 Å². The summed E-state index contributed by atoms with van der Waals surface area (Å²) in [6.45, 7) is 2.61. The second kappa shape index (κ2) is 6.87. The molecule has 2 nitrogen and oxygen atoms in total. The normalized spacial score (nSPS) is 12.7. The molecule has 78 valence electrons. The monoisotopic (exact) mass is 212 g/mol. The summed E-state index contributed by atoms with van der Waals surface area (Å²) in [5.41, 5.74) is 0. The maximum atomic E-state index is 5.37. The third kappa shape index (κ3) is 4.65. The minimum Gasteiger partial charge on any atom is -0.356 e. The quantitative estimate of drug-likeness (QED) is 0.410. The number of ether oxygens (including phenoxy) is 2. The van der Waals surface area contributed by atoms with Crippen molar-refractivity contribution in [3.8, 4) is 0 Å². The van der Waals surface area contributed by atoms with Gasteiger partial charge in [0.2, 0.25) is 0 Å². The van der Waals surface area contributed by atoms with E-state index in [1.54, 1.807) is 18.9 Å². The van der Waals surface area contributed by atoms with Crippen molar-refractivity contribution in [2.75, 3.05) is 19.5 Å². The standard InChI is InChI=1S/C11H16O2S/c1-10(12-2)13-8-9-14-11-6-4-3-5-7-11/h3-7,10H,8-9H2,1-2H3. The zero-order valence-corrected chi connectivity index (χ0v) is 9.42. The highest BCUT2D eigenvalue weighted by Crippen LogP contribution is 2.16. The van der Waals surface area contributed by atoms with E-state index in [1.165, 1.54) is 4.90 Å². The Bertz CT molecular complexity index is 238. The third-order valence-corrected chi connectivity index (χ3v) is 2.76. The molecule has 0 aliphatic rings. The SMILES string of the molecule is COC(C)OCCSc1ccccc1. The molecule has 0 aliphatic carbocycles. The molecule has 14 heavy (non-hydrogen) atoms. The number of thioether (sulfide) groups is 1. The molecule has 0 heterocycles. The van der Waals surface area contributed by atoms with Crippen LogP contribution in [0.1, 0.15) is 6.92 Å².